The Morgan fingerprint density at radius 2 is 1.65 bits per heavy atom. The molecule has 0 unspecified atom stereocenters. The van der Waals surface area contributed by atoms with E-state index >= 15 is 0 Å². The van der Waals surface area contributed by atoms with Crippen molar-refractivity contribution in [3.05, 3.63) is 54.1 Å². The highest BCUT2D eigenvalue weighted by molar-refractivity contribution is 6.26. The molecule has 132 valence electrons. The van der Waals surface area contributed by atoms with Gasteiger partial charge in [0, 0.05) is 6.07 Å². The maximum atomic E-state index is 13.5. The average Bonchev–Trinajstić information content (AvgIpc) is 3.18. The van der Waals surface area contributed by atoms with Crippen molar-refractivity contribution in [2.75, 3.05) is 17.0 Å². The molecule has 0 radical (unpaired) electrons. The first-order valence-electron chi connectivity index (χ1n) is 7.68. The van der Waals surface area contributed by atoms with E-state index < -0.39 is 35.5 Å². The van der Waals surface area contributed by atoms with E-state index in [-0.39, 0.29) is 5.69 Å². The van der Waals surface area contributed by atoms with Crippen LogP contribution >= 0.6 is 0 Å². The highest BCUT2D eigenvalue weighted by Crippen LogP contribution is 2.35. The lowest BCUT2D eigenvalue weighted by Crippen LogP contribution is -2.39. The molecule has 0 aromatic heterocycles. The van der Waals surface area contributed by atoms with Crippen LogP contribution in [0.15, 0.2) is 52.8 Å². The number of carbonyl (C=O) groups is 2. The number of methoxy groups -OCH3 is 1. The fraction of sp³-hybridized carbons (Fsp3) is 0.176. The van der Waals surface area contributed by atoms with Crippen LogP contribution in [0.5, 0.6) is 5.75 Å². The second-order valence-corrected chi connectivity index (χ2v) is 5.75. The van der Waals surface area contributed by atoms with Gasteiger partial charge in [0.2, 0.25) is 0 Å². The number of rotatable bonds is 3. The molecule has 2 aromatic carbocycles. The van der Waals surface area contributed by atoms with Crippen molar-refractivity contribution < 1.29 is 23.1 Å². The Morgan fingerprint density at radius 3 is 2.31 bits per heavy atom. The molecule has 2 heterocycles. The molecule has 0 bridgehead atoms. The van der Waals surface area contributed by atoms with E-state index in [9.17, 15) is 18.4 Å². The van der Waals surface area contributed by atoms with E-state index in [1.54, 1.807) is 24.3 Å². The number of hydrogen-bond donors (Lipinski definition) is 0. The summed E-state index contributed by atoms with van der Waals surface area (Å²) < 4.78 is 31.7. The predicted molar refractivity (Wildman–Crippen MR) is 86.8 cm³/mol. The number of ether oxygens (including phenoxy) is 1. The molecular formula is C17H12F2N4O3. The second-order valence-electron chi connectivity index (χ2n) is 5.75. The first kappa shape index (κ1) is 16.1. The lowest BCUT2D eigenvalue weighted by Gasteiger charge is -2.20. The molecule has 9 heteroatoms. The van der Waals surface area contributed by atoms with Crippen LogP contribution in [0.2, 0.25) is 0 Å². The van der Waals surface area contributed by atoms with Gasteiger partial charge in [0.1, 0.15) is 5.75 Å². The average molecular weight is 358 g/mol. The lowest BCUT2D eigenvalue weighted by molar-refractivity contribution is -0.121. The minimum Gasteiger partial charge on any atom is -0.497 e. The molecular weight excluding hydrogens is 346 g/mol. The third kappa shape index (κ3) is 2.32. The number of imide groups is 1. The monoisotopic (exact) mass is 358 g/mol. The fourth-order valence-electron chi connectivity index (χ4n) is 2.99. The van der Waals surface area contributed by atoms with Gasteiger partial charge in [-0.2, -0.15) is 5.11 Å². The molecule has 2 amide bonds. The molecule has 2 aromatic rings. The fourth-order valence-corrected chi connectivity index (χ4v) is 2.99. The van der Waals surface area contributed by atoms with E-state index in [4.69, 9.17) is 4.74 Å². The third-order valence-electron chi connectivity index (χ3n) is 4.28. The Kier molecular flexibility index (Phi) is 3.64. The highest BCUT2D eigenvalue weighted by atomic mass is 19.2. The summed E-state index contributed by atoms with van der Waals surface area (Å²) >= 11 is 0. The maximum Gasteiger partial charge on any atom is 0.263 e. The van der Waals surface area contributed by atoms with Crippen LogP contribution in [0, 0.1) is 11.6 Å². The Hall–Kier alpha value is -3.36. The number of hydrogen-bond acceptors (Lipinski definition) is 6. The smallest absolute Gasteiger partial charge is 0.263 e. The summed E-state index contributed by atoms with van der Waals surface area (Å²) in [6.07, 6.45) is 0. The van der Waals surface area contributed by atoms with Crippen LogP contribution in [0.1, 0.15) is 0 Å². The molecule has 26 heavy (non-hydrogen) atoms. The topological polar surface area (TPSA) is 74.6 Å². The molecule has 0 saturated carbocycles. The summed E-state index contributed by atoms with van der Waals surface area (Å²) in [5, 5.41) is 9.14. The van der Waals surface area contributed by atoms with Gasteiger partial charge in [0.25, 0.3) is 11.8 Å². The third-order valence-corrected chi connectivity index (χ3v) is 4.28. The number of fused-ring (bicyclic) bond motifs is 1. The van der Waals surface area contributed by atoms with Gasteiger partial charge in [-0.25, -0.2) is 18.7 Å². The van der Waals surface area contributed by atoms with Crippen LogP contribution in [-0.4, -0.2) is 31.0 Å². The summed E-state index contributed by atoms with van der Waals surface area (Å²) in [4.78, 5) is 26.2. The summed E-state index contributed by atoms with van der Waals surface area (Å²) in [7, 11) is 1.53. The van der Waals surface area contributed by atoms with Gasteiger partial charge in [-0.05, 0) is 36.4 Å². The molecule has 0 aliphatic carbocycles. The zero-order valence-corrected chi connectivity index (χ0v) is 13.5. The number of amides is 2. The maximum absolute atomic E-state index is 13.5. The standard InChI is InChI=1S/C17H12F2N4O3/c1-26-11-5-2-9(3-6-11)23-15-14(20-21-23)16(24)22(17(15)25)10-4-7-12(18)13(19)8-10/h2-8,14-15H,1H3/t14-,15-/m0/s1. The van der Waals surface area contributed by atoms with Crippen molar-refractivity contribution in [1.82, 2.24) is 0 Å². The van der Waals surface area contributed by atoms with Crippen molar-refractivity contribution in [2.45, 2.75) is 12.1 Å². The Bertz CT molecular complexity index is 932. The van der Waals surface area contributed by atoms with Crippen molar-refractivity contribution in [3.63, 3.8) is 0 Å². The van der Waals surface area contributed by atoms with E-state index in [2.05, 4.69) is 10.3 Å². The number of carbonyl (C=O) groups excluding carboxylic acids is 2. The van der Waals surface area contributed by atoms with Crippen LogP contribution < -0.4 is 14.6 Å². The SMILES string of the molecule is COc1ccc(N2N=N[C@@H]3C(=O)N(c4ccc(F)c(F)c4)C(=O)[C@H]32)cc1. The highest BCUT2D eigenvalue weighted by Gasteiger charge is 2.55. The van der Waals surface area contributed by atoms with E-state index in [1.807, 2.05) is 0 Å². The second kappa shape index (κ2) is 5.87. The van der Waals surface area contributed by atoms with Crippen LogP contribution in [-0.2, 0) is 9.59 Å². The molecule has 1 fully saturated rings. The van der Waals surface area contributed by atoms with Crippen LogP contribution in [0.25, 0.3) is 0 Å². The lowest BCUT2D eigenvalue weighted by atomic mass is 10.1. The minimum atomic E-state index is -1.14. The first-order valence-corrected chi connectivity index (χ1v) is 7.68. The Labute approximate surface area is 146 Å². The zero-order chi connectivity index (χ0) is 18.4. The van der Waals surface area contributed by atoms with E-state index in [0.717, 1.165) is 17.0 Å². The molecule has 1 saturated heterocycles. The number of anilines is 2. The molecule has 4 rings (SSSR count). The quantitative estimate of drug-likeness (QED) is 0.790. The summed E-state index contributed by atoms with van der Waals surface area (Å²) in [6, 6.07) is 7.57. The van der Waals surface area contributed by atoms with Crippen molar-refractivity contribution in [3.8, 4) is 5.75 Å². The van der Waals surface area contributed by atoms with Gasteiger partial charge in [0.05, 0.1) is 18.5 Å². The largest absolute Gasteiger partial charge is 0.497 e. The Morgan fingerprint density at radius 1 is 0.962 bits per heavy atom. The number of halogens is 2. The molecule has 2 atom stereocenters. The van der Waals surface area contributed by atoms with Crippen molar-refractivity contribution in [1.29, 1.82) is 0 Å². The van der Waals surface area contributed by atoms with E-state index in [0.29, 0.717) is 11.4 Å². The van der Waals surface area contributed by atoms with Gasteiger partial charge in [0.15, 0.2) is 23.7 Å². The van der Waals surface area contributed by atoms with Gasteiger partial charge < -0.3 is 4.74 Å². The van der Waals surface area contributed by atoms with Crippen molar-refractivity contribution in [2.24, 2.45) is 10.3 Å². The Balaban J connectivity index is 1.67. The summed E-state index contributed by atoms with van der Waals surface area (Å²) in [5.41, 5.74) is 0.508. The first-order chi connectivity index (χ1) is 12.5. The normalized spacial score (nSPS) is 21.5. The number of benzene rings is 2. The molecule has 7 nitrogen and oxygen atoms in total. The van der Waals surface area contributed by atoms with Gasteiger partial charge in [-0.1, -0.05) is 5.22 Å². The van der Waals surface area contributed by atoms with Gasteiger partial charge >= 0.3 is 0 Å². The molecule has 2 aliphatic rings. The summed E-state index contributed by atoms with van der Waals surface area (Å²) in [6.45, 7) is 0. The van der Waals surface area contributed by atoms with Crippen LogP contribution in [0.4, 0.5) is 20.2 Å². The number of nitrogens with zero attached hydrogens (tertiary/aromatic N) is 4. The zero-order valence-electron chi connectivity index (χ0n) is 13.5. The van der Waals surface area contributed by atoms with Crippen LogP contribution in [0.3, 0.4) is 0 Å². The molecule has 0 spiro atoms. The minimum absolute atomic E-state index is 0.0434. The summed E-state index contributed by atoms with van der Waals surface area (Å²) in [5.74, 6) is -2.82. The molecule has 2 aliphatic heterocycles. The van der Waals surface area contributed by atoms with Gasteiger partial charge in [-0.3, -0.25) is 9.59 Å². The molecule has 0 N–H and O–H groups in total. The van der Waals surface area contributed by atoms with E-state index in [1.165, 1.54) is 18.2 Å². The predicted octanol–water partition coefficient (Wildman–Crippen LogP) is 2.47. The van der Waals surface area contributed by atoms with Gasteiger partial charge in [-0.15, -0.1) is 0 Å². The van der Waals surface area contributed by atoms with Crippen molar-refractivity contribution >= 4 is 23.2 Å².